The van der Waals surface area contributed by atoms with E-state index in [0.717, 1.165) is 12.1 Å². The quantitative estimate of drug-likeness (QED) is 0.421. The maximum Gasteiger partial charge on any atom is 0.255 e. The minimum atomic E-state index is -0.858. The molecule has 10 heteroatoms. The Hall–Kier alpha value is -2.52. The molecule has 0 saturated heterocycles. The van der Waals surface area contributed by atoms with Gasteiger partial charge in [0.2, 0.25) is 0 Å². The van der Waals surface area contributed by atoms with Crippen LogP contribution in [0.4, 0.5) is 14.6 Å². The molecular weight excluding hydrogens is 416 g/mol. The van der Waals surface area contributed by atoms with E-state index in [0.29, 0.717) is 6.42 Å². The Morgan fingerprint density at radius 2 is 1.90 bits per heavy atom. The molecule has 2 N–H and O–H groups in total. The van der Waals surface area contributed by atoms with Crippen LogP contribution in [0.2, 0.25) is 5.15 Å². The van der Waals surface area contributed by atoms with Crippen molar-refractivity contribution in [1.82, 2.24) is 19.6 Å². The smallest absolute Gasteiger partial charge is 0.255 e. The highest BCUT2D eigenvalue weighted by molar-refractivity contribution is 6.33. The molecule has 0 spiro atoms. The SMILES string of the molecule is C[C@@H](Nc1c(-c2c(F)cc(OCCCO)cc2F)c(Cl)nc2ncnn12)C(C)(C)C. The molecule has 0 radical (unpaired) electrons. The molecule has 3 rings (SSSR count). The van der Waals surface area contributed by atoms with Crippen molar-refractivity contribution >= 4 is 23.2 Å². The molecule has 0 aliphatic heterocycles. The summed E-state index contributed by atoms with van der Waals surface area (Å²) in [5, 5.41) is 16.1. The predicted molar refractivity (Wildman–Crippen MR) is 111 cm³/mol. The molecule has 0 saturated carbocycles. The van der Waals surface area contributed by atoms with Gasteiger partial charge in [0, 0.05) is 31.2 Å². The first kappa shape index (κ1) is 22.2. The standard InChI is InChI=1S/C20H24ClF2N5O2/c1-11(20(2,3)4)26-18-16(17(21)27-19-24-10-25-28(18)19)15-13(22)8-12(9-14(15)23)30-7-5-6-29/h8-11,26,29H,5-7H2,1-4H3/t11-/m1/s1. The van der Waals surface area contributed by atoms with E-state index in [-0.39, 0.29) is 58.3 Å². The summed E-state index contributed by atoms with van der Waals surface area (Å²) >= 11 is 6.36. The van der Waals surface area contributed by atoms with Crippen molar-refractivity contribution in [3.05, 3.63) is 35.2 Å². The number of ether oxygens (including phenoxy) is 1. The Balaban J connectivity index is 2.16. The first-order chi connectivity index (χ1) is 14.1. The van der Waals surface area contributed by atoms with Gasteiger partial charge < -0.3 is 15.2 Å². The number of rotatable bonds is 7. The summed E-state index contributed by atoms with van der Waals surface area (Å²) in [6.07, 6.45) is 1.64. The number of anilines is 1. The third-order valence-electron chi connectivity index (χ3n) is 4.87. The van der Waals surface area contributed by atoms with Gasteiger partial charge in [-0.3, -0.25) is 0 Å². The lowest BCUT2D eigenvalue weighted by molar-refractivity contribution is 0.233. The second-order valence-corrected chi connectivity index (χ2v) is 8.38. The van der Waals surface area contributed by atoms with Crippen molar-refractivity contribution < 1.29 is 18.6 Å². The third kappa shape index (κ3) is 4.46. The molecule has 0 amide bonds. The summed E-state index contributed by atoms with van der Waals surface area (Å²) in [7, 11) is 0. The van der Waals surface area contributed by atoms with E-state index in [1.54, 1.807) is 0 Å². The zero-order chi connectivity index (χ0) is 22.1. The highest BCUT2D eigenvalue weighted by Gasteiger charge is 2.27. The first-order valence-electron chi connectivity index (χ1n) is 9.52. The molecule has 0 aliphatic rings. The number of nitrogens with one attached hydrogen (secondary N) is 1. The van der Waals surface area contributed by atoms with Crippen LogP contribution in [0.25, 0.3) is 16.9 Å². The summed E-state index contributed by atoms with van der Waals surface area (Å²) < 4.78 is 36.7. The number of nitrogens with zero attached hydrogens (tertiary/aromatic N) is 4. The lowest BCUT2D eigenvalue weighted by Gasteiger charge is -2.30. The van der Waals surface area contributed by atoms with Gasteiger partial charge in [0.25, 0.3) is 5.78 Å². The number of aliphatic hydroxyl groups excluding tert-OH is 1. The van der Waals surface area contributed by atoms with Crippen LogP contribution in [-0.4, -0.2) is 43.9 Å². The fourth-order valence-electron chi connectivity index (χ4n) is 2.72. The maximum atomic E-state index is 15.0. The van der Waals surface area contributed by atoms with E-state index >= 15 is 8.78 Å². The van der Waals surface area contributed by atoms with Crippen LogP contribution < -0.4 is 10.1 Å². The number of hydrogen-bond acceptors (Lipinski definition) is 6. The molecule has 0 fully saturated rings. The van der Waals surface area contributed by atoms with Gasteiger partial charge in [0.1, 0.15) is 34.7 Å². The molecule has 162 valence electrons. The van der Waals surface area contributed by atoms with Crippen LogP contribution in [0, 0.1) is 17.0 Å². The van der Waals surface area contributed by atoms with E-state index in [1.165, 1.54) is 10.8 Å². The average molecular weight is 440 g/mol. The third-order valence-corrected chi connectivity index (χ3v) is 5.15. The summed E-state index contributed by atoms with van der Waals surface area (Å²) in [6, 6.07) is 2.05. The molecule has 1 aromatic carbocycles. The predicted octanol–water partition coefficient (Wildman–Crippen LogP) is 4.33. The Morgan fingerprint density at radius 3 is 2.50 bits per heavy atom. The fraction of sp³-hybridized carbons (Fsp3) is 0.450. The van der Waals surface area contributed by atoms with Crippen LogP contribution in [0.3, 0.4) is 0 Å². The molecule has 0 aliphatic carbocycles. The van der Waals surface area contributed by atoms with Crippen molar-refractivity contribution in [3.63, 3.8) is 0 Å². The van der Waals surface area contributed by atoms with E-state index in [1.807, 2.05) is 27.7 Å². The molecule has 2 aromatic heterocycles. The Morgan fingerprint density at radius 1 is 1.23 bits per heavy atom. The molecule has 0 bridgehead atoms. The van der Waals surface area contributed by atoms with Gasteiger partial charge >= 0.3 is 0 Å². The van der Waals surface area contributed by atoms with Crippen LogP contribution in [0.1, 0.15) is 34.1 Å². The summed E-state index contributed by atoms with van der Waals surface area (Å²) in [6.45, 7) is 8.11. The van der Waals surface area contributed by atoms with Gasteiger partial charge in [0.15, 0.2) is 0 Å². The van der Waals surface area contributed by atoms with E-state index in [9.17, 15) is 0 Å². The van der Waals surface area contributed by atoms with E-state index in [4.69, 9.17) is 21.4 Å². The lowest BCUT2D eigenvalue weighted by Crippen LogP contribution is -2.32. The van der Waals surface area contributed by atoms with Crippen molar-refractivity contribution in [2.24, 2.45) is 5.41 Å². The highest BCUT2D eigenvalue weighted by Crippen LogP contribution is 2.39. The van der Waals surface area contributed by atoms with Crippen LogP contribution in [0.5, 0.6) is 5.75 Å². The van der Waals surface area contributed by atoms with Crippen LogP contribution in [-0.2, 0) is 0 Å². The molecule has 30 heavy (non-hydrogen) atoms. The number of fused-ring (bicyclic) bond motifs is 1. The van der Waals surface area contributed by atoms with Crippen molar-refractivity contribution in [2.45, 2.75) is 40.2 Å². The largest absolute Gasteiger partial charge is 0.493 e. The van der Waals surface area contributed by atoms with Gasteiger partial charge in [-0.25, -0.2) is 8.78 Å². The Labute approximate surface area is 178 Å². The van der Waals surface area contributed by atoms with Gasteiger partial charge in [-0.15, -0.1) is 0 Å². The fourth-order valence-corrected chi connectivity index (χ4v) is 2.98. The van der Waals surface area contributed by atoms with E-state index in [2.05, 4.69) is 20.4 Å². The summed E-state index contributed by atoms with van der Waals surface area (Å²) in [4.78, 5) is 8.16. The van der Waals surface area contributed by atoms with E-state index < -0.39 is 11.6 Å². The van der Waals surface area contributed by atoms with Gasteiger partial charge in [-0.05, 0) is 12.3 Å². The van der Waals surface area contributed by atoms with Gasteiger partial charge in [0.05, 0.1) is 17.7 Å². The minimum Gasteiger partial charge on any atom is -0.493 e. The molecule has 3 aromatic rings. The summed E-state index contributed by atoms with van der Waals surface area (Å²) in [5.41, 5.74) is -0.466. The molecular formula is C20H24ClF2N5O2. The Kier molecular flexibility index (Phi) is 6.42. The first-order valence-corrected chi connectivity index (χ1v) is 9.90. The Bertz CT molecular complexity index is 1030. The number of benzene rings is 1. The van der Waals surface area contributed by atoms with Crippen molar-refractivity contribution in [3.8, 4) is 16.9 Å². The van der Waals surface area contributed by atoms with Crippen molar-refractivity contribution in [2.75, 3.05) is 18.5 Å². The van der Waals surface area contributed by atoms with Crippen LogP contribution in [0.15, 0.2) is 18.5 Å². The zero-order valence-corrected chi connectivity index (χ0v) is 18.0. The average Bonchev–Trinajstić information content (AvgIpc) is 3.10. The van der Waals surface area contributed by atoms with Crippen LogP contribution >= 0.6 is 11.6 Å². The van der Waals surface area contributed by atoms with Gasteiger partial charge in [-0.2, -0.15) is 19.6 Å². The van der Waals surface area contributed by atoms with Crippen molar-refractivity contribution in [1.29, 1.82) is 0 Å². The molecule has 2 heterocycles. The molecule has 1 atom stereocenters. The zero-order valence-electron chi connectivity index (χ0n) is 17.2. The normalized spacial score (nSPS) is 12.9. The molecule has 7 nitrogen and oxygen atoms in total. The number of hydrogen-bond donors (Lipinski definition) is 2. The lowest BCUT2D eigenvalue weighted by atomic mass is 9.88. The monoisotopic (exact) mass is 439 g/mol. The number of aromatic nitrogens is 4. The topological polar surface area (TPSA) is 84.6 Å². The number of halogens is 3. The second-order valence-electron chi connectivity index (χ2n) is 8.02. The second kappa shape index (κ2) is 8.69. The maximum absolute atomic E-state index is 15.0. The highest BCUT2D eigenvalue weighted by atomic mass is 35.5. The molecule has 0 unspecified atom stereocenters. The minimum absolute atomic E-state index is 0.0192. The summed E-state index contributed by atoms with van der Waals surface area (Å²) in [5.74, 6) is -1.20. The number of aliphatic hydroxyl groups is 1. The van der Waals surface area contributed by atoms with Gasteiger partial charge in [-0.1, -0.05) is 32.4 Å².